The van der Waals surface area contributed by atoms with Crippen molar-refractivity contribution in [1.82, 2.24) is 9.80 Å². The van der Waals surface area contributed by atoms with Gasteiger partial charge in [0.05, 0.1) is 19.3 Å². The van der Waals surface area contributed by atoms with E-state index >= 15 is 0 Å². The second kappa shape index (κ2) is 7.67. The minimum Gasteiger partial charge on any atom is -0.374 e. The maximum absolute atomic E-state index is 13.4. The van der Waals surface area contributed by atoms with E-state index in [1.54, 1.807) is 6.07 Å². The number of nitrogens with zero attached hydrogens (tertiary/aromatic N) is 2. The Labute approximate surface area is 130 Å². The Hall–Kier alpha value is -1.50. The first kappa shape index (κ1) is 16.9. The van der Waals surface area contributed by atoms with Crippen LogP contribution in [-0.2, 0) is 16.1 Å². The SMILES string of the molecule is Cc1ccc(F)cc1CN(CC(N)=O)C[C@H]1CN(C)CCO1. The number of rotatable bonds is 6. The highest BCUT2D eigenvalue weighted by atomic mass is 19.1. The third-order valence-electron chi connectivity index (χ3n) is 3.89. The first-order valence-electron chi connectivity index (χ1n) is 7.50. The molecule has 1 fully saturated rings. The lowest BCUT2D eigenvalue weighted by molar-refractivity contribution is -0.120. The van der Waals surface area contributed by atoms with E-state index in [2.05, 4.69) is 4.90 Å². The fraction of sp³-hybridized carbons (Fsp3) is 0.562. The largest absolute Gasteiger partial charge is 0.374 e. The summed E-state index contributed by atoms with van der Waals surface area (Å²) in [5.41, 5.74) is 7.21. The standard InChI is InChI=1S/C16H24FN3O2/c1-12-3-4-14(17)7-13(12)8-20(11-16(18)21)10-15-9-19(2)5-6-22-15/h3-4,7,15H,5-6,8-11H2,1-2H3,(H2,18,21)/t15-/m1/s1. The van der Waals surface area contributed by atoms with Gasteiger partial charge in [-0.1, -0.05) is 6.07 Å². The lowest BCUT2D eigenvalue weighted by Crippen LogP contribution is -2.47. The van der Waals surface area contributed by atoms with Crippen LogP contribution in [0.3, 0.4) is 0 Å². The Kier molecular flexibility index (Phi) is 5.88. The lowest BCUT2D eigenvalue weighted by atomic mass is 10.1. The normalized spacial score (nSPS) is 19.5. The highest BCUT2D eigenvalue weighted by molar-refractivity contribution is 5.75. The summed E-state index contributed by atoms with van der Waals surface area (Å²) in [7, 11) is 2.05. The quantitative estimate of drug-likeness (QED) is 0.842. The van der Waals surface area contributed by atoms with Crippen molar-refractivity contribution in [1.29, 1.82) is 0 Å². The molecule has 122 valence electrons. The molecule has 0 bridgehead atoms. The molecule has 1 aliphatic rings. The van der Waals surface area contributed by atoms with Crippen molar-refractivity contribution in [3.63, 3.8) is 0 Å². The molecular formula is C16H24FN3O2. The van der Waals surface area contributed by atoms with Gasteiger partial charge in [0.2, 0.25) is 5.91 Å². The molecule has 1 aromatic rings. The van der Waals surface area contributed by atoms with Gasteiger partial charge in [-0.3, -0.25) is 9.69 Å². The van der Waals surface area contributed by atoms with Crippen molar-refractivity contribution in [3.8, 4) is 0 Å². The molecule has 1 aromatic carbocycles. The third kappa shape index (κ3) is 5.05. The Bertz CT molecular complexity index is 524. The monoisotopic (exact) mass is 309 g/mol. The average molecular weight is 309 g/mol. The highest BCUT2D eigenvalue weighted by Gasteiger charge is 2.22. The van der Waals surface area contributed by atoms with Crippen LogP contribution in [0, 0.1) is 12.7 Å². The Morgan fingerprint density at radius 3 is 3.00 bits per heavy atom. The van der Waals surface area contributed by atoms with Crippen molar-refractivity contribution < 1.29 is 13.9 Å². The van der Waals surface area contributed by atoms with Gasteiger partial charge in [0.25, 0.3) is 0 Å². The van der Waals surface area contributed by atoms with E-state index in [1.165, 1.54) is 12.1 Å². The van der Waals surface area contributed by atoms with Gasteiger partial charge in [0, 0.05) is 26.2 Å². The Morgan fingerprint density at radius 2 is 2.32 bits per heavy atom. The van der Waals surface area contributed by atoms with E-state index < -0.39 is 5.91 Å². The summed E-state index contributed by atoms with van der Waals surface area (Å²) in [6.45, 7) is 5.57. The molecule has 1 saturated heterocycles. The first-order chi connectivity index (χ1) is 10.4. The minimum atomic E-state index is -0.391. The fourth-order valence-electron chi connectivity index (χ4n) is 2.72. The van der Waals surface area contributed by atoms with Gasteiger partial charge in [-0.05, 0) is 37.2 Å². The van der Waals surface area contributed by atoms with Gasteiger partial charge in [-0.15, -0.1) is 0 Å². The molecule has 6 heteroatoms. The van der Waals surface area contributed by atoms with E-state index in [1.807, 2.05) is 18.9 Å². The summed E-state index contributed by atoms with van der Waals surface area (Å²) in [6.07, 6.45) is 0.0342. The zero-order valence-electron chi connectivity index (χ0n) is 13.2. The topological polar surface area (TPSA) is 58.8 Å². The van der Waals surface area contributed by atoms with Crippen molar-refractivity contribution in [2.75, 3.05) is 39.8 Å². The van der Waals surface area contributed by atoms with Crippen molar-refractivity contribution >= 4 is 5.91 Å². The van der Waals surface area contributed by atoms with Gasteiger partial charge in [0.15, 0.2) is 0 Å². The van der Waals surface area contributed by atoms with Crippen LogP contribution in [0.4, 0.5) is 4.39 Å². The van der Waals surface area contributed by atoms with Crippen LogP contribution in [-0.4, -0.2) is 61.6 Å². The molecule has 22 heavy (non-hydrogen) atoms. The van der Waals surface area contributed by atoms with Crippen molar-refractivity contribution in [2.24, 2.45) is 5.73 Å². The molecule has 2 N–H and O–H groups in total. The average Bonchev–Trinajstić information content (AvgIpc) is 2.42. The number of carbonyl (C=O) groups is 1. The molecule has 0 spiro atoms. The molecule has 1 amide bonds. The number of benzene rings is 1. The van der Waals surface area contributed by atoms with Crippen LogP contribution in [0.5, 0.6) is 0 Å². The molecule has 0 saturated carbocycles. The number of nitrogens with two attached hydrogens (primary N) is 1. The number of amides is 1. The van der Waals surface area contributed by atoms with Crippen molar-refractivity contribution in [3.05, 3.63) is 35.1 Å². The number of aryl methyl sites for hydroxylation is 1. The summed E-state index contributed by atoms with van der Waals surface area (Å²) in [4.78, 5) is 15.4. The number of likely N-dealkylation sites (N-methyl/N-ethyl adjacent to an activating group) is 1. The number of hydrogen-bond donors (Lipinski definition) is 1. The second-order valence-electron chi connectivity index (χ2n) is 5.96. The Morgan fingerprint density at radius 1 is 1.55 bits per heavy atom. The number of carbonyl (C=O) groups excluding carboxylic acids is 1. The number of morpholine rings is 1. The molecule has 0 radical (unpaired) electrons. The Balaban J connectivity index is 2.05. The third-order valence-corrected chi connectivity index (χ3v) is 3.89. The van der Waals surface area contributed by atoms with E-state index in [9.17, 15) is 9.18 Å². The van der Waals surface area contributed by atoms with E-state index in [-0.39, 0.29) is 18.5 Å². The molecule has 1 heterocycles. The summed E-state index contributed by atoms with van der Waals surface area (Å²) in [6, 6.07) is 4.70. The molecule has 1 atom stereocenters. The fourth-order valence-corrected chi connectivity index (χ4v) is 2.72. The predicted molar refractivity (Wildman–Crippen MR) is 82.8 cm³/mol. The smallest absolute Gasteiger partial charge is 0.231 e. The number of primary amides is 1. The van der Waals surface area contributed by atoms with E-state index in [0.29, 0.717) is 19.7 Å². The van der Waals surface area contributed by atoms with Gasteiger partial charge >= 0.3 is 0 Å². The maximum Gasteiger partial charge on any atom is 0.231 e. The zero-order valence-corrected chi connectivity index (χ0v) is 13.2. The molecule has 0 aromatic heterocycles. The van der Waals surface area contributed by atoms with E-state index in [4.69, 9.17) is 10.5 Å². The van der Waals surface area contributed by atoms with Crippen molar-refractivity contribution in [2.45, 2.75) is 19.6 Å². The highest BCUT2D eigenvalue weighted by Crippen LogP contribution is 2.14. The molecule has 2 rings (SSSR count). The summed E-state index contributed by atoms with van der Waals surface area (Å²) >= 11 is 0. The summed E-state index contributed by atoms with van der Waals surface area (Å²) in [5.74, 6) is -0.661. The molecular weight excluding hydrogens is 285 g/mol. The molecule has 1 aliphatic heterocycles. The van der Waals surface area contributed by atoms with E-state index in [0.717, 1.165) is 24.2 Å². The summed E-state index contributed by atoms with van der Waals surface area (Å²) in [5, 5.41) is 0. The molecule has 0 unspecified atom stereocenters. The predicted octanol–water partition coefficient (Wildman–Crippen LogP) is 0.752. The zero-order chi connectivity index (χ0) is 16.1. The van der Waals surface area contributed by atoms with Crippen LogP contribution in [0.15, 0.2) is 18.2 Å². The lowest BCUT2D eigenvalue weighted by Gasteiger charge is -2.33. The number of ether oxygens (including phenoxy) is 1. The van der Waals surface area contributed by atoms with Crippen LogP contribution in [0.1, 0.15) is 11.1 Å². The van der Waals surface area contributed by atoms with Crippen LogP contribution >= 0.6 is 0 Å². The van der Waals surface area contributed by atoms with Crippen LogP contribution in [0.2, 0.25) is 0 Å². The van der Waals surface area contributed by atoms with Gasteiger partial charge in [0.1, 0.15) is 5.82 Å². The van der Waals surface area contributed by atoms with Gasteiger partial charge in [-0.25, -0.2) is 4.39 Å². The first-order valence-corrected chi connectivity index (χ1v) is 7.50. The molecule has 0 aliphatic carbocycles. The minimum absolute atomic E-state index is 0.0342. The van der Waals surface area contributed by atoms with Gasteiger partial charge in [-0.2, -0.15) is 0 Å². The summed E-state index contributed by atoms with van der Waals surface area (Å²) < 4.78 is 19.2. The van der Waals surface area contributed by atoms with Crippen LogP contribution < -0.4 is 5.73 Å². The molecule has 5 nitrogen and oxygen atoms in total. The number of halogens is 1. The number of hydrogen-bond acceptors (Lipinski definition) is 4. The maximum atomic E-state index is 13.4. The second-order valence-corrected chi connectivity index (χ2v) is 5.96. The van der Waals surface area contributed by atoms with Crippen LogP contribution in [0.25, 0.3) is 0 Å². The van der Waals surface area contributed by atoms with Gasteiger partial charge < -0.3 is 15.4 Å².